The second kappa shape index (κ2) is 4.13. The predicted molar refractivity (Wildman–Crippen MR) is 56.8 cm³/mol. The van der Waals surface area contributed by atoms with E-state index in [1.54, 1.807) is 0 Å². The minimum atomic E-state index is 0.0930. The largest absolute Gasteiger partial charge is 0.378 e. The fourth-order valence-corrected chi connectivity index (χ4v) is 2.98. The van der Waals surface area contributed by atoms with E-state index in [1.807, 2.05) is 6.20 Å². The number of aromatic nitrogens is 2. The van der Waals surface area contributed by atoms with Crippen molar-refractivity contribution in [3.8, 4) is 0 Å². The number of hydrogen-bond acceptors (Lipinski definition) is 4. The molecule has 1 aliphatic heterocycles. The van der Waals surface area contributed by atoms with Gasteiger partial charge in [0.15, 0.2) is 0 Å². The van der Waals surface area contributed by atoms with Crippen LogP contribution in [0.5, 0.6) is 0 Å². The van der Waals surface area contributed by atoms with E-state index in [1.165, 1.54) is 16.4 Å². The van der Waals surface area contributed by atoms with Crippen LogP contribution >= 0.6 is 23.1 Å². The van der Waals surface area contributed by atoms with E-state index in [0.29, 0.717) is 5.88 Å². The Morgan fingerprint density at radius 2 is 2.64 bits per heavy atom. The molecule has 0 aliphatic carbocycles. The quantitative estimate of drug-likeness (QED) is 0.749. The van der Waals surface area contributed by atoms with Gasteiger partial charge in [-0.3, -0.25) is 0 Å². The van der Waals surface area contributed by atoms with Crippen LogP contribution in [0.15, 0.2) is 6.20 Å². The number of halogens is 1. The highest BCUT2D eigenvalue weighted by Gasteiger charge is 2.41. The van der Waals surface area contributed by atoms with Crippen molar-refractivity contribution in [2.45, 2.75) is 25.9 Å². The van der Waals surface area contributed by atoms with Crippen molar-refractivity contribution in [3.63, 3.8) is 0 Å². The van der Waals surface area contributed by atoms with Crippen molar-refractivity contribution < 1.29 is 4.74 Å². The van der Waals surface area contributed by atoms with Crippen LogP contribution in [0, 0.1) is 5.41 Å². The van der Waals surface area contributed by atoms with Crippen molar-refractivity contribution in [3.05, 3.63) is 11.1 Å². The normalized spacial score (nSPS) is 32.3. The molecule has 5 heteroatoms. The third kappa shape index (κ3) is 1.78. The van der Waals surface area contributed by atoms with E-state index in [9.17, 15) is 0 Å². The van der Waals surface area contributed by atoms with Gasteiger partial charge in [-0.05, 0) is 31.3 Å². The van der Waals surface area contributed by atoms with Gasteiger partial charge >= 0.3 is 0 Å². The zero-order chi connectivity index (χ0) is 10.0. The molecule has 0 saturated carbocycles. The fourth-order valence-electron chi connectivity index (χ4n) is 1.89. The van der Waals surface area contributed by atoms with Crippen LogP contribution in [0.3, 0.4) is 0 Å². The third-order valence-corrected chi connectivity index (χ3v) is 4.22. The van der Waals surface area contributed by atoms with Crippen molar-refractivity contribution in [2.24, 2.45) is 5.41 Å². The molecule has 2 atom stereocenters. The summed E-state index contributed by atoms with van der Waals surface area (Å²) in [6.07, 6.45) is 4.04. The second-order valence-corrected chi connectivity index (χ2v) is 4.96. The zero-order valence-electron chi connectivity index (χ0n) is 8.07. The van der Waals surface area contributed by atoms with Gasteiger partial charge in [0.1, 0.15) is 0 Å². The molecule has 0 bridgehead atoms. The first-order chi connectivity index (χ1) is 6.77. The molecule has 2 rings (SSSR count). The summed E-state index contributed by atoms with van der Waals surface area (Å²) in [6.45, 7) is 2.92. The summed E-state index contributed by atoms with van der Waals surface area (Å²) >= 11 is 7.51. The van der Waals surface area contributed by atoms with Crippen LogP contribution in [0.25, 0.3) is 0 Å². The zero-order valence-corrected chi connectivity index (χ0v) is 9.64. The van der Waals surface area contributed by atoms with Gasteiger partial charge in [0.25, 0.3) is 0 Å². The van der Waals surface area contributed by atoms with Crippen LogP contribution in [-0.4, -0.2) is 28.2 Å². The summed E-state index contributed by atoms with van der Waals surface area (Å²) in [4.78, 5) is 1.20. The van der Waals surface area contributed by atoms with Crippen molar-refractivity contribution in [2.75, 3.05) is 12.5 Å². The van der Waals surface area contributed by atoms with Gasteiger partial charge < -0.3 is 4.74 Å². The average Bonchev–Trinajstić information content (AvgIpc) is 2.79. The predicted octanol–water partition coefficient (Wildman–Crippen LogP) is 2.11. The van der Waals surface area contributed by atoms with E-state index in [-0.39, 0.29) is 11.5 Å². The lowest BCUT2D eigenvalue weighted by Gasteiger charge is -2.28. The van der Waals surface area contributed by atoms with E-state index in [0.717, 1.165) is 19.4 Å². The first-order valence-electron chi connectivity index (χ1n) is 4.71. The molecule has 0 aromatic carbocycles. The Hall–Kier alpha value is -0.190. The Bertz CT molecular complexity index is 293. The third-order valence-electron chi connectivity index (χ3n) is 3.03. The number of nitrogens with zero attached hydrogens (tertiary/aromatic N) is 2. The summed E-state index contributed by atoms with van der Waals surface area (Å²) < 4.78 is 9.45. The standard InChI is InChI=1S/C9H13ClN2OS/c1-7-9(6-10,2-3-13-7)4-8-5-11-12-14-8/h5,7H,2-4,6H2,1H3. The van der Waals surface area contributed by atoms with E-state index in [2.05, 4.69) is 16.5 Å². The van der Waals surface area contributed by atoms with Crippen molar-refractivity contribution in [1.29, 1.82) is 0 Å². The molecular weight excluding hydrogens is 220 g/mol. The maximum absolute atomic E-state index is 6.06. The van der Waals surface area contributed by atoms with Gasteiger partial charge in [0.05, 0.1) is 12.3 Å². The first kappa shape index (κ1) is 10.3. The van der Waals surface area contributed by atoms with Crippen LogP contribution in [0.1, 0.15) is 18.2 Å². The molecule has 1 aliphatic rings. The highest BCUT2D eigenvalue weighted by molar-refractivity contribution is 7.05. The highest BCUT2D eigenvalue weighted by Crippen LogP contribution is 2.39. The van der Waals surface area contributed by atoms with Gasteiger partial charge in [-0.25, -0.2) is 0 Å². The Morgan fingerprint density at radius 3 is 3.14 bits per heavy atom. The summed E-state index contributed by atoms with van der Waals surface area (Å²) in [5.74, 6) is 0.645. The summed E-state index contributed by atoms with van der Waals surface area (Å²) in [5, 5.41) is 3.84. The first-order valence-corrected chi connectivity index (χ1v) is 6.01. The molecule has 2 unspecified atom stereocenters. The number of rotatable bonds is 3. The van der Waals surface area contributed by atoms with Gasteiger partial charge in [0, 0.05) is 22.8 Å². The van der Waals surface area contributed by atoms with Gasteiger partial charge in [-0.2, -0.15) is 0 Å². The Labute approximate surface area is 92.6 Å². The smallest absolute Gasteiger partial charge is 0.0653 e. The van der Waals surface area contributed by atoms with Crippen LogP contribution in [-0.2, 0) is 11.2 Å². The van der Waals surface area contributed by atoms with Gasteiger partial charge in [-0.15, -0.1) is 16.7 Å². The molecule has 0 amide bonds. The lowest BCUT2D eigenvalue weighted by Crippen LogP contribution is -2.32. The molecule has 1 saturated heterocycles. The Morgan fingerprint density at radius 1 is 1.79 bits per heavy atom. The average molecular weight is 233 g/mol. The van der Waals surface area contributed by atoms with Crippen LogP contribution in [0.4, 0.5) is 0 Å². The molecule has 1 fully saturated rings. The summed E-state index contributed by atoms with van der Waals surface area (Å²) in [6, 6.07) is 0. The molecule has 0 radical (unpaired) electrons. The molecule has 78 valence electrons. The van der Waals surface area contributed by atoms with E-state index >= 15 is 0 Å². The van der Waals surface area contributed by atoms with Crippen molar-refractivity contribution in [1.82, 2.24) is 9.59 Å². The molecule has 3 nitrogen and oxygen atoms in total. The highest BCUT2D eigenvalue weighted by atomic mass is 35.5. The fraction of sp³-hybridized carbons (Fsp3) is 0.778. The lowest BCUT2D eigenvalue weighted by molar-refractivity contribution is 0.0739. The summed E-state index contributed by atoms with van der Waals surface area (Å²) in [7, 11) is 0. The second-order valence-electron chi connectivity index (χ2n) is 3.82. The maximum atomic E-state index is 6.06. The molecule has 1 aromatic rings. The number of alkyl halides is 1. The molecule has 2 heterocycles. The minimum absolute atomic E-state index is 0.0930. The van der Waals surface area contributed by atoms with Crippen LogP contribution in [0.2, 0.25) is 0 Å². The molecule has 1 aromatic heterocycles. The SMILES string of the molecule is CC1OCCC1(CCl)Cc1cnns1. The Balaban J connectivity index is 2.13. The Kier molecular flexibility index (Phi) is 3.04. The van der Waals surface area contributed by atoms with Gasteiger partial charge in [0.2, 0.25) is 0 Å². The monoisotopic (exact) mass is 232 g/mol. The molecular formula is C9H13ClN2OS. The molecule has 14 heavy (non-hydrogen) atoms. The minimum Gasteiger partial charge on any atom is -0.378 e. The topological polar surface area (TPSA) is 35.0 Å². The number of ether oxygens (including phenoxy) is 1. The number of hydrogen-bond donors (Lipinski definition) is 0. The van der Waals surface area contributed by atoms with Gasteiger partial charge in [-0.1, -0.05) is 4.49 Å². The summed E-state index contributed by atoms with van der Waals surface area (Å²) in [5.41, 5.74) is 0.0930. The molecule has 0 N–H and O–H groups in total. The van der Waals surface area contributed by atoms with E-state index < -0.39 is 0 Å². The molecule has 0 spiro atoms. The maximum Gasteiger partial charge on any atom is 0.0653 e. The van der Waals surface area contributed by atoms with E-state index in [4.69, 9.17) is 16.3 Å². The van der Waals surface area contributed by atoms with Crippen LogP contribution < -0.4 is 0 Å². The lowest BCUT2D eigenvalue weighted by atomic mass is 9.80. The van der Waals surface area contributed by atoms with Crippen molar-refractivity contribution >= 4 is 23.1 Å².